The molecule has 0 bridgehead atoms. The molecule has 0 saturated heterocycles. The van der Waals surface area contributed by atoms with Gasteiger partial charge in [0.1, 0.15) is 11.2 Å². The van der Waals surface area contributed by atoms with Crippen LogP contribution in [0.15, 0.2) is 40.6 Å². The van der Waals surface area contributed by atoms with Crippen molar-refractivity contribution in [3.05, 3.63) is 30.3 Å². The normalized spacial score (nSPS) is 18.9. The number of carbonyl (C=O) groups excluding carboxylic acids is 3. The molecule has 2 rings (SSSR count). The summed E-state index contributed by atoms with van der Waals surface area (Å²) in [6.45, 7) is 12.7. The van der Waals surface area contributed by atoms with Gasteiger partial charge in [0, 0.05) is 7.05 Å². The Kier molecular flexibility index (Phi) is 7.59. The van der Waals surface area contributed by atoms with Crippen molar-refractivity contribution in [2.75, 3.05) is 7.05 Å². The second-order valence-corrected chi connectivity index (χ2v) is 9.64. The zero-order valence-electron chi connectivity index (χ0n) is 21.0. The predicted molar refractivity (Wildman–Crippen MR) is 124 cm³/mol. The van der Waals surface area contributed by atoms with Crippen molar-refractivity contribution >= 4 is 29.6 Å². The van der Waals surface area contributed by atoms with Crippen molar-refractivity contribution in [2.45, 2.75) is 72.1 Å². The van der Waals surface area contributed by atoms with Gasteiger partial charge in [-0.05, 0) is 67.5 Å². The van der Waals surface area contributed by atoms with Crippen LogP contribution in [0, 0.1) is 0 Å². The van der Waals surface area contributed by atoms with Gasteiger partial charge in [-0.25, -0.2) is 14.6 Å². The Labute approximate surface area is 199 Å². The van der Waals surface area contributed by atoms with Crippen molar-refractivity contribution in [1.29, 1.82) is 0 Å². The number of para-hydroxylation sites is 1. The molecule has 0 saturated carbocycles. The zero-order chi connectivity index (χ0) is 25.9. The van der Waals surface area contributed by atoms with Gasteiger partial charge in [0.15, 0.2) is 5.75 Å². The minimum Gasteiger partial charge on any atom is -0.442 e. The molecule has 1 aromatic carbocycles. The van der Waals surface area contributed by atoms with Crippen molar-refractivity contribution in [1.82, 2.24) is 10.1 Å². The first-order chi connectivity index (χ1) is 15.6. The smallest absolute Gasteiger partial charge is 0.442 e. The average Bonchev–Trinajstić information content (AvgIpc) is 2.91. The topological polar surface area (TPSA) is 119 Å². The van der Waals surface area contributed by atoms with Crippen molar-refractivity contribution in [3.63, 3.8) is 0 Å². The van der Waals surface area contributed by atoms with Crippen molar-refractivity contribution < 1.29 is 33.5 Å². The van der Waals surface area contributed by atoms with E-state index in [4.69, 9.17) is 19.1 Å². The third-order valence-electron chi connectivity index (χ3n) is 4.40. The molecule has 0 N–H and O–H groups in total. The lowest BCUT2D eigenvalue weighted by Crippen LogP contribution is -2.66. The van der Waals surface area contributed by atoms with E-state index in [1.807, 2.05) is 0 Å². The molecule has 1 unspecified atom stereocenters. The van der Waals surface area contributed by atoms with Crippen LogP contribution in [-0.2, 0) is 19.1 Å². The molecule has 1 heterocycles. The molecule has 2 amide bonds. The highest BCUT2D eigenvalue weighted by Gasteiger charge is 2.61. The van der Waals surface area contributed by atoms with E-state index in [-0.39, 0.29) is 11.4 Å². The molecule has 0 aliphatic carbocycles. The van der Waals surface area contributed by atoms with E-state index in [1.165, 1.54) is 20.9 Å². The van der Waals surface area contributed by atoms with Crippen LogP contribution >= 0.6 is 0 Å². The first-order valence-electron chi connectivity index (χ1n) is 10.6. The number of likely N-dealkylation sites (N-methyl/N-ethyl adjacent to an activating group) is 1. The number of nitrogens with zero attached hydrogens (tertiary/aromatic N) is 4. The largest absolute Gasteiger partial charge is 0.534 e. The Morgan fingerprint density at radius 2 is 1.59 bits per heavy atom. The lowest BCUT2D eigenvalue weighted by atomic mass is 9.88. The number of hydrazone groups is 1. The van der Waals surface area contributed by atoms with Gasteiger partial charge in [-0.2, -0.15) is 5.10 Å². The van der Waals surface area contributed by atoms with Gasteiger partial charge in [0.2, 0.25) is 5.54 Å². The summed E-state index contributed by atoms with van der Waals surface area (Å²) in [5.74, 6) is -0.320. The maximum absolute atomic E-state index is 13.5. The summed E-state index contributed by atoms with van der Waals surface area (Å²) < 4.78 is 10.7. The number of ether oxygens (including phenoxy) is 2. The van der Waals surface area contributed by atoms with Gasteiger partial charge in [0.25, 0.3) is 5.91 Å². The molecule has 11 nitrogen and oxygen atoms in total. The second-order valence-electron chi connectivity index (χ2n) is 9.64. The number of hydrogen-bond donors (Lipinski definition) is 0. The summed E-state index contributed by atoms with van der Waals surface area (Å²) in [6.07, 6.45) is -2.34. The number of rotatable bonds is 4. The summed E-state index contributed by atoms with van der Waals surface area (Å²) >= 11 is 0. The SMILES string of the molecule is CC(=NOc1ccccc1)C1(N(OC(=O)OC(C)(C)C)C(=O)OC(C)(C)C)C(=O)N(C)N=C1C. The Morgan fingerprint density at radius 1 is 1.03 bits per heavy atom. The highest BCUT2D eigenvalue weighted by atomic mass is 16.8. The highest BCUT2D eigenvalue weighted by Crippen LogP contribution is 2.31. The van der Waals surface area contributed by atoms with Crippen LogP contribution in [0.3, 0.4) is 0 Å². The van der Waals surface area contributed by atoms with Crippen LogP contribution in [0.25, 0.3) is 0 Å². The van der Waals surface area contributed by atoms with E-state index in [0.29, 0.717) is 10.8 Å². The van der Waals surface area contributed by atoms with E-state index in [9.17, 15) is 14.4 Å². The second kappa shape index (κ2) is 9.70. The van der Waals surface area contributed by atoms with E-state index in [1.54, 1.807) is 71.9 Å². The van der Waals surface area contributed by atoms with Gasteiger partial charge in [-0.15, -0.1) is 5.06 Å². The van der Waals surface area contributed by atoms with Gasteiger partial charge in [-0.1, -0.05) is 23.4 Å². The van der Waals surface area contributed by atoms with Crippen LogP contribution < -0.4 is 4.84 Å². The molecule has 1 aliphatic heterocycles. The minimum absolute atomic E-state index is 0.0265. The summed E-state index contributed by atoms with van der Waals surface area (Å²) in [6, 6.07) is 8.62. The van der Waals surface area contributed by atoms with Crippen LogP contribution in [0.5, 0.6) is 5.75 Å². The molecule has 186 valence electrons. The first-order valence-corrected chi connectivity index (χ1v) is 10.6. The Hall–Kier alpha value is -3.63. The molecule has 0 fully saturated rings. The Bertz CT molecular complexity index is 993. The van der Waals surface area contributed by atoms with Gasteiger partial charge >= 0.3 is 12.2 Å². The third-order valence-corrected chi connectivity index (χ3v) is 4.40. The van der Waals surface area contributed by atoms with E-state index in [2.05, 4.69) is 10.3 Å². The molecule has 0 radical (unpaired) electrons. The van der Waals surface area contributed by atoms with Crippen molar-refractivity contribution in [2.24, 2.45) is 10.3 Å². The van der Waals surface area contributed by atoms with Crippen LogP contribution in [-0.4, -0.2) is 63.4 Å². The van der Waals surface area contributed by atoms with Gasteiger partial charge in [0.05, 0.1) is 11.4 Å². The summed E-state index contributed by atoms with van der Waals surface area (Å²) in [5, 5.41) is 9.76. The maximum atomic E-state index is 13.5. The number of oxime groups is 1. The van der Waals surface area contributed by atoms with Gasteiger partial charge in [-0.3, -0.25) is 9.63 Å². The van der Waals surface area contributed by atoms with E-state index in [0.717, 1.165) is 5.01 Å². The maximum Gasteiger partial charge on any atom is 0.534 e. The Morgan fingerprint density at radius 3 is 2.06 bits per heavy atom. The average molecular weight is 477 g/mol. The van der Waals surface area contributed by atoms with E-state index < -0.39 is 34.9 Å². The fraction of sp³-hybridized carbons (Fsp3) is 0.522. The van der Waals surface area contributed by atoms with Crippen LogP contribution in [0.2, 0.25) is 0 Å². The fourth-order valence-electron chi connectivity index (χ4n) is 3.09. The number of hydroxylamine groups is 2. The van der Waals surface area contributed by atoms with Crippen LogP contribution in [0.4, 0.5) is 9.59 Å². The Balaban J connectivity index is 2.61. The molecular formula is C23H32N4O7. The molecular weight excluding hydrogens is 444 g/mol. The fourth-order valence-corrected chi connectivity index (χ4v) is 3.09. The highest BCUT2D eigenvalue weighted by molar-refractivity contribution is 6.33. The summed E-state index contributed by atoms with van der Waals surface area (Å²) in [5.41, 5.74) is -3.89. The lowest BCUT2D eigenvalue weighted by molar-refractivity contribution is -0.169. The van der Waals surface area contributed by atoms with Gasteiger partial charge < -0.3 is 14.3 Å². The zero-order valence-corrected chi connectivity index (χ0v) is 21.0. The number of hydrogen-bond acceptors (Lipinski definition) is 9. The monoisotopic (exact) mass is 476 g/mol. The molecule has 0 spiro atoms. The summed E-state index contributed by atoms with van der Waals surface area (Å²) in [7, 11) is 1.40. The third kappa shape index (κ3) is 6.03. The van der Waals surface area contributed by atoms with Crippen molar-refractivity contribution in [3.8, 4) is 5.75 Å². The molecule has 1 aromatic rings. The molecule has 1 aliphatic rings. The number of benzene rings is 1. The molecule has 11 heteroatoms. The number of amides is 2. The number of carbonyl (C=O) groups is 3. The van der Waals surface area contributed by atoms with E-state index >= 15 is 0 Å². The summed E-state index contributed by atoms with van der Waals surface area (Å²) in [4.78, 5) is 50.1. The first kappa shape index (κ1) is 26.6. The quantitative estimate of drug-likeness (QED) is 0.364. The lowest BCUT2D eigenvalue weighted by Gasteiger charge is -2.37. The predicted octanol–water partition coefficient (Wildman–Crippen LogP) is 4.13. The molecule has 0 aromatic heterocycles. The minimum atomic E-state index is -2.07. The standard InChI is InChI=1S/C23H32N4O7/c1-15-23(18(28)26(9)24-15,16(2)25-33-17-13-11-10-12-14-17)27(19(29)31-21(3,4)5)34-20(30)32-22(6,7)8/h10-14H,1-9H3. The molecule has 1 atom stereocenters. The molecule has 34 heavy (non-hydrogen) atoms. The van der Waals surface area contributed by atoms with Crippen LogP contribution in [0.1, 0.15) is 55.4 Å².